The zero-order valence-electron chi connectivity index (χ0n) is 14.8. The summed E-state index contributed by atoms with van der Waals surface area (Å²) in [5.41, 5.74) is 0. The van der Waals surface area contributed by atoms with Crippen molar-refractivity contribution in [2.24, 2.45) is 5.92 Å². The van der Waals surface area contributed by atoms with E-state index in [1.54, 1.807) is 7.11 Å². The van der Waals surface area contributed by atoms with Crippen LogP contribution in [0.2, 0.25) is 0 Å². The highest BCUT2D eigenvalue weighted by Gasteiger charge is 2.26. The molecule has 0 bridgehead atoms. The number of carbonyl (C=O) groups excluding carboxylic acids is 1. The van der Waals surface area contributed by atoms with E-state index in [4.69, 9.17) is 9.47 Å². The molecule has 0 radical (unpaired) electrons. The number of amides is 1. The van der Waals surface area contributed by atoms with E-state index in [9.17, 15) is 4.79 Å². The minimum absolute atomic E-state index is 0. The number of rotatable bonds is 7. The minimum atomic E-state index is -0.464. The Balaban J connectivity index is 0.00000288. The Morgan fingerprint density at radius 2 is 1.83 bits per heavy atom. The van der Waals surface area contributed by atoms with Crippen LogP contribution in [0.1, 0.15) is 26.7 Å². The van der Waals surface area contributed by atoms with E-state index in [0.717, 1.165) is 44.8 Å². The van der Waals surface area contributed by atoms with Gasteiger partial charge in [-0.3, -0.25) is 4.79 Å². The van der Waals surface area contributed by atoms with Crippen molar-refractivity contribution in [3.63, 3.8) is 0 Å². The summed E-state index contributed by atoms with van der Waals surface area (Å²) >= 11 is 0. The summed E-state index contributed by atoms with van der Waals surface area (Å²) in [6.07, 6.45) is 1.66. The Labute approximate surface area is 151 Å². The maximum Gasteiger partial charge on any atom is 0.263 e. The van der Waals surface area contributed by atoms with E-state index in [-0.39, 0.29) is 18.3 Å². The van der Waals surface area contributed by atoms with Crippen molar-refractivity contribution in [2.75, 3.05) is 33.3 Å². The van der Waals surface area contributed by atoms with Crippen molar-refractivity contribution in [1.29, 1.82) is 0 Å². The molecule has 0 aromatic heterocycles. The van der Waals surface area contributed by atoms with E-state index in [1.807, 2.05) is 36.1 Å². The topological polar surface area (TPSA) is 50.8 Å². The van der Waals surface area contributed by atoms with Crippen LogP contribution in [-0.4, -0.2) is 50.2 Å². The molecule has 24 heavy (non-hydrogen) atoms. The second kappa shape index (κ2) is 10.4. The molecular formula is C18H29ClN2O3. The Bertz CT molecular complexity index is 488. The SMILES string of the molecule is CCNCC1CCN(C(=O)C(C)Oc2ccc(OC)cc2)CC1.Cl. The molecule has 1 aliphatic heterocycles. The molecule has 1 unspecified atom stereocenters. The van der Waals surface area contributed by atoms with Crippen molar-refractivity contribution in [3.8, 4) is 11.5 Å². The van der Waals surface area contributed by atoms with Crippen LogP contribution in [-0.2, 0) is 4.79 Å². The molecular weight excluding hydrogens is 328 g/mol. The molecule has 1 atom stereocenters. The number of nitrogens with zero attached hydrogens (tertiary/aromatic N) is 1. The molecule has 0 spiro atoms. The van der Waals surface area contributed by atoms with Gasteiger partial charge in [-0.05, 0) is 63.0 Å². The highest BCUT2D eigenvalue weighted by Crippen LogP contribution is 2.20. The fourth-order valence-electron chi connectivity index (χ4n) is 2.87. The van der Waals surface area contributed by atoms with Gasteiger partial charge in [-0.2, -0.15) is 0 Å². The summed E-state index contributed by atoms with van der Waals surface area (Å²) in [5.74, 6) is 2.22. The lowest BCUT2D eigenvalue weighted by Crippen LogP contribution is -2.45. The monoisotopic (exact) mass is 356 g/mol. The highest BCUT2D eigenvalue weighted by molar-refractivity contribution is 5.85. The molecule has 0 aliphatic carbocycles. The van der Waals surface area contributed by atoms with Crippen LogP contribution in [0.3, 0.4) is 0 Å². The lowest BCUT2D eigenvalue weighted by Gasteiger charge is -2.33. The molecule has 0 saturated carbocycles. The van der Waals surface area contributed by atoms with Crippen LogP contribution < -0.4 is 14.8 Å². The molecule has 1 heterocycles. The summed E-state index contributed by atoms with van der Waals surface area (Å²) in [4.78, 5) is 14.4. The number of ether oxygens (including phenoxy) is 2. The fourth-order valence-corrected chi connectivity index (χ4v) is 2.87. The number of halogens is 1. The Morgan fingerprint density at radius 3 is 2.38 bits per heavy atom. The van der Waals surface area contributed by atoms with Gasteiger partial charge in [-0.25, -0.2) is 0 Å². The Morgan fingerprint density at radius 1 is 1.25 bits per heavy atom. The van der Waals surface area contributed by atoms with E-state index in [2.05, 4.69) is 12.2 Å². The van der Waals surface area contributed by atoms with Crippen LogP contribution in [0.15, 0.2) is 24.3 Å². The van der Waals surface area contributed by atoms with Crippen molar-refractivity contribution < 1.29 is 14.3 Å². The van der Waals surface area contributed by atoms with Gasteiger partial charge < -0.3 is 19.7 Å². The quantitative estimate of drug-likeness (QED) is 0.816. The first-order chi connectivity index (χ1) is 11.1. The number of methoxy groups -OCH3 is 1. The predicted molar refractivity (Wildman–Crippen MR) is 98.2 cm³/mol. The molecule has 6 heteroatoms. The van der Waals surface area contributed by atoms with Gasteiger partial charge in [0.2, 0.25) is 0 Å². The average molecular weight is 357 g/mol. The zero-order valence-corrected chi connectivity index (χ0v) is 15.6. The lowest BCUT2D eigenvalue weighted by molar-refractivity contribution is -0.139. The highest BCUT2D eigenvalue weighted by atomic mass is 35.5. The first kappa shape index (κ1) is 20.6. The summed E-state index contributed by atoms with van der Waals surface area (Å²) in [6, 6.07) is 7.31. The third kappa shape index (κ3) is 5.87. The Kier molecular flexibility index (Phi) is 8.93. The van der Waals surface area contributed by atoms with Crippen molar-refractivity contribution in [1.82, 2.24) is 10.2 Å². The molecule has 5 nitrogen and oxygen atoms in total. The third-order valence-corrected chi connectivity index (χ3v) is 4.33. The standard InChI is InChI=1S/C18H28N2O3.ClH/c1-4-19-13-15-9-11-20(12-10-15)18(21)14(2)23-17-7-5-16(22-3)6-8-17;/h5-8,14-15,19H,4,9-13H2,1-3H3;1H. The maximum absolute atomic E-state index is 12.5. The van der Waals surface area contributed by atoms with E-state index in [0.29, 0.717) is 11.7 Å². The van der Waals surface area contributed by atoms with Crippen LogP contribution in [0.4, 0.5) is 0 Å². The molecule has 1 saturated heterocycles. The first-order valence-corrected chi connectivity index (χ1v) is 8.44. The molecule has 1 aromatic rings. The van der Waals surface area contributed by atoms with Gasteiger partial charge >= 0.3 is 0 Å². The number of likely N-dealkylation sites (tertiary alicyclic amines) is 1. The van der Waals surface area contributed by atoms with Gasteiger partial charge in [0.15, 0.2) is 6.10 Å². The normalized spacial score (nSPS) is 16.2. The molecule has 1 fully saturated rings. The molecule has 1 amide bonds. The first-order valence-electron chi connectivity index (χ1n) is 8.44. The van der Waals surface area contributed by atoms with Gasteiger partial charge in [-0.1, -0.05) is 6.92 Å². The summed E-state index contributed by atoms with van der Waals surface area (Å²) < 4.78 is 10.9. The third-order valence-electron chi connectivity index (χ3n) is 4.33. The second-order valence-corrected chi connectivity index (χ2v) is 6.01. The van der Waals surface area contributed by atoms with Crippen LogP contribution in [0.25, 0.3) is 0 Å². The van der Waals surface area contributed by atoms with Gasteiger partial charge in [-0.15, -0.1) is 12.4 Å². The zero-order chi connectivity index (χ0) is 16.7. The fraction of sp³-hybridized carbons (Fsp3) is 0.611. The average Bonchev–Trinajstić information content (AvgIpc) is 2.60. The number of hydrogen-bond acceptors (Lipinski definition) is 4. The van der Waals surface area contributed by atoms with Crippen molar-refractivity contribution in [3.05, 3.63) is 24.3 Å². The summed E-state index contributed by atoms with van der Waals surface area (Å²) in [6.45, 7) is 7.65. The van der Waals surface area contributed by atoms with E-state index in [1.165, 1.54) is 0 Å². The largest absolute Gasteiger partial charge is 0.497 e. The lowest BCUT2D eigenvalue weighted by atomic mass is 9.96. The van der Waals surface area contributed by atoms with Crippen molar-refractivity contribution >= 4 is 18.3 Å². The van der Waals surface area contributed by atoms with Crippen LogP contribution in [0, 0.1) is 5.92 Å². The number of benzene rings is 1. The van der Waals surface area contributed by atoms with Gasteiger partial charge in [0, 0.05) is 13.1 Å². The molecule has 1 N–H and O–H groups in total. The van der Waals surface area contributed by atoms with Gasteiger partial charge in [0.05, 0.1) is 7.11 Å². The van der Waals surface area contributed by atoms with Gasteiger partial charge in [0.25, 0.3) is 5.91 Å². The van der Waals surface area contributed by atoms with E-state index < -0.39 is 6.10 Å². The molecule has 1 aliphatic rings. The number of carbonyl (C=O) groups is 1. The number of piperidine rings is 1. The predicted octanol–water partition coefficient (Wildman–Crippen LogP) is 2.73. The van der Waals surface area contributed by atoms with E-state index >= 15 is 0 Å². The molecule has 136 valence electrons. The van der Waals surface area contributed by atoms with Crippen molar-refractivity contribution in [2.45, 2.75) is 32.8 Å². The second-order valence-electron chi connectivity index (χ2n) is 6.01. The summed E-state index contributed by atoms with van der Waals surface area (Å²) in [5, 5.41) is 3.39. The smallest absolute Gasteiger partial charge is 0.263 e. The molecule has 1 aromatic carbocycles. The van der Waals surface area contributed by atoms with Crippen LogP contribution >= 0.6 is 12.4 Å². The van der Waals surface area contributed by atoms with Crippen LogP contribution in [0.5, 0.6) is 11.5 Å². The molecule has 2 rings (SSSR count). The number of nitrogens with one attached hydrogen (secondary N) is 1. The van der Waals surface area contributed by atoms with Gasteiger partial charge in [0.1, 0.15) is 11.5 Å². The summed E-state index contributed by atoms with van der Waals surface area (Å²) in [7, 11) is 1.63. The minimum Gasteiger partial charge on any atom is -0.497 e. The number of hydrogen-bond donors (Lipinski definition) is 1. The maximum atomic E-state index is 12.5. The Hall–Kier alpha value is -1.46.